The molecule has 0 unspecified atom stereocenters. The van der Waals surface area contributed by atoms with E-state index in [1.165, 1.54) is 0 Å². The van der Waals surface area contributed by atoms with Gasteiger partial charge in [0.15, 0.2) is 0 Å². The average Bonchev–Trinajstić information content (AvgIpc) is 2.64. The predicted molar refractivity (Wildman–Crippen MR) is 115 cm³/mol. The van der Waals surface area contributed by atoms with Gasteiger partial charge in [-0.05, 0) is 76.9 Å². The molecule has 28 heavy (non-hydrogen) atoms. The highest BCUT2D eigenvalue weighted by atomic mass is 79.9. The van der Waals surface area contributed by atoms with E-state index in [0.29, 0.717) is 19.7 Å². The number of carbonyl (C=O) groups excluding carboxylic acids is 2. The molecule has 7 heteroatoms. The van der Waals surface area contributed by atoms with Crippen LogP contribution in [0.15, 0.2) is 22.7 Å². The van der Waals surface area contributed by atoms with E-state index in [1.54, 1.807) is 0 Å². The van der Waals surface area contributed by atoms with Crippen LogP contribution >= 0.6 is 15.9 Å². The molecule has 0 saturated carbocycles. The third-order valence-electron chi connectivity index (χ3n) is 4.84. The smallest absolute Gasteiger partial charge is 0.238 e. The minimum absolute atomic E-state index is 0.0187. The summed E-state index contributed by atoms with van der Waals surface area (Å²) in [6.07, 6.45) is 2.64. The van der Waals surface area contributed by atoms with Crippen LogP contribution in [0.5, 0.6) is 0 Å². The van der Waals surface area contributed by atoms with Crippen molar-refractivity contribution in [2.75, 3.05) is 38.1 Å². The lowest BCUT2D eigenvalue weighted by Gasteiger charge is -2.30. The van der Waals surface area contributed by atoms with Crippen LogP contribution in [0.3, 0.4) is 0 Å². The number of anilines is 1. The summed E-state index contributed by atoms with van der Waals surface area (Å²) in [6.45, 7) is 9.22. The Morgan fingerprint density at radius 2 is 2.00 bits per heavy atom. The van der Waals surface area contributed by atoms with E-state index in [0.717, 1.165) is 48.1 Å². The molecule has 1 heterocycles. The summed E-state index contributed by atoms with van der Waals surface area (Å²) in [4.78, 5) is 26.7. The van der Waals surface area contributed by atoms with E-state index in [4.69, 9.17) is 4.74 Å². The van der Waals surface area contributed by atoms with Crippen molar-refractivity contribution < 1.29 is 14.3 Å². The van der Waals surface area contributed by atoms with Crippen LogP contribution in [0.1, 0.15) is 38.7 Å². The zero-order chi connectivity index (χ0) is 20.5. The van der Waals surface area contributed by atoms with E-state index < -0.39 is 0 Å². The van der Waals surface area contributed by atoms with Crippen molar-refractivity contribution in [3.63, 3.8) is 0 Å². The van der Waals surface area contributed by atoms with Gasteiger partial charge in [0, 0.05) is 29.2 Å². The summed E-state index contributed by atoms with van der Waals surface area (Å²) in [7, 11) is 0. The number of aryl methyl sites for hydroxylation is 1. The van der Waals surface area contributed by atoms with Gasteiger partial charge in [0.2, 0.25) is 11.8 Å². The monoisotopic (exact) mass is 453 g/mol. The van der Waals surface area contributed by atoms with Crippen molar-refractivity contribution >= 4 is 33.4 Å². The number of rotatable bonds is 9. The molecule has 2 rings (SSSR count). The van der Waals surface area contributed by atoms with Gasteiger partial charge in [-0.2, -0.15) is 0 Å². The Kier molecular flexibility index (Phi) is 9.41. The number of nitrogens with zero attached hydrogens (tertiary/aromatic N) is 1. The zero-order valence-electron chi connectivity index (χ0n) is 17.1. The SMILES string of the molecule is Cc1cc(NC(=O)CN2CCC(C(=O)NCCCOC(C)C)CC2)ccc1Br. The van der Waals surface area contributed by atoms with Crippen molar-refractivity contribution in [1.29, 1.82) is 0 Å². The highest BCUT2D eigenvalue weighted by Gasteiger charge is 2.25. The molecule has 2 amide bonds. The van der Waals surface area contributed by atoms with E-state index >= 15 is 0 Å². The molecule has 0 aromatic heterocycles. The molecule has 1 aromatic rings. The molecule has 6 nitrogen and oxygen atoms in total. The Morgan fingerprint density at radius 1 is 1.29 bits per heavy atom. The van der Waals surface area contributed by atoms with Crippen molar-refractivity contribution in [3.05, 3.63) is 28.2 Å². The van der Waals surface area contributed by atoms with Gasteiger partial charge in [-0.1, -0.05) is 15.9 Å². The maximum atomic E-state index is 12.3. The second kappa shape index (κ2) is 11.5. The Hall–Kier alpha value is -1.44. The summed E-state index contributed by atoms with van der Waals surface area (Å²) in [5.74, 6) is 0.146. The van der Waals surface area contributed by atoms with Crippen molar-refractivity contribution in [2.45, 2.75) is 46.1 Å². The Bertz CT molecular complexity index is 658. The number of halogens is 1. The van der Waals surface area contributed by atoms with Gasteiger partial charge in [-0.3, -0.25) is 14.5 Å². The van der Waals surface area contributed by atoms with E-state index in [1.807, 2.05) is 39.0 Å². The number of benzene rings is 1. The van der Waals surface area contributed by atoms with Crippen molar-refractivity contribution in [3.8, 4) is 0 Å². The lowest BCUT2D eigenvalue weighted by Crippen LogP contribution is -2.43. The second-order valence-corrected chi connectivity index (χ2v) is 8.48. The first kappa shape index (κ1) is 22.8. The molecule has 156 valence electrons. The summed E-state index contributed by atoms with van der Waals surface area (Å²) in [6, 6.07) is 5.77. The molecule has 0 bridgehead atoms. The third-order valence-corrected chi connectivity index (χ3v) is 5.73. The number of hydrogen-bond donors (Lipinski definition) is 2. The number of likely N-dealkylation sites (tertiary alicyclic amines) is 1. The minimum atomic E-state index is -0.0187. The molecular formula is C21H32BrN3O3. The normalized spacial score (nSPS) is 15.6. The van der Waals surface area contributed by atoms with Crippen molar-refractivity contribution in [2.24, 2.45) is 5.92 Å². The number of hydrogen-bond acceptors (Lipinski definition) is 4. The van der Waals surface area contributed by atoms with Gasteiger partial charge in [0.05, 0.1) is 12.6 Å². The standard InChI is InChI=1S/C21H32BrN3O3/c1-15(2)28-12-4-9-23-21(27)17-7-10-25(11-8-17)14-20(26)24-18-5-6-19(22)16(3)13-18/h5-6,13,15,17H,4,7-12,14H2,1-3H3,(H,23,27)(H,24,26). The Labute approximate surface area is 176 Å². The fourth-order valence-electron chi connectivity index (χ4n) is 3.23. The molecule has 1 aliphatic rings. The summed E-state index contributed by atoms with van der Waals surface area (Å²) < 4.78 is 6.50. The molecule has 1 saturated heterocycles. The quantitative estimate of drug-likeness (QED) is 0.562. The maximum absolute atomic E-state index is 12.3. The van der Waals surface area contributed by atoms with E-state index in [-0.39, 0.29) is 23.8 Å². The first-order chi connectivity index (χ1) is 13.3. The second-order valence-electron chi connectivity index (χ2n) is 7.63. The van der Waals surface area contributed by atoms with Crippen molar-refractivity contribution in [1.82, 2.24) is 10.2 Å². The number of ether oxygens (including phenoxy) is 1. The zero-order valence-corrected chi connectivity index (χ0v) is 18.7. The van der Waals surface area contributed by atoms with Crippen LogP contribution in [0, 0.1) is 12.8 Å². The highest BCUT2D eigenvalue weighted by molar-refractivity contribution is 9.10. The lowest BCUT2D eigenvalue weighted by atomic mass is 9.96. The number of amides is 2. The molecule has 0 spiro atoms. The van der Waals surface area contributed by atoms with Gasteiger partial charge in [0.1, 0.15) is 0 Å². The highest BCUT2D eigenvalue weighted by Crippen LogP contribution is 2.20. The maximum Gasteiger partial charge on any atom is 0.238 e. The summed E-state index contributed by atoms with van der Waals surface area (Å²) >= 11 is 3.46. The molecule has 1 fully saturated rings. The van der Waals surface area contributed by atoms with Gasteiger partial charge >= 0.3 is 0 Å². The van der Waals surface area contributed by atoms with E-state index in [9.17, 15) is 9.59 Å². The molecular weight excluding hydrogens is 422 g/mol. The largest absolute Gasteiger partial charge is 0.379 e. The number of nitrogens with one attached hydrogen (secondary N) is 2. The topological polar surface area (TPSA) is 70.7 Å². The van der Waals surface area contributed by atoms with Gasteiger partial charge in [0.25, 0.3) is 0 Å². The van der Waals surface area contributed by atoms with Gasteiger partial charge in [-0.15, -0.1) is 0 Å². The first-order valence-corrected chi connectivity index (χ1v) is 10.8. The van der Waals surface area contributed by atoms with Gasteiger partial charge in [-0.25, -0.2) is 0 Å². The average molecular weight is 454 g/mol. The Balaban J connectivity index is 1.65. The van der Waals surface area contributed by atoms with E-state index in [2.05, 4.69) is 31.5 Å². The number of carbonyl (C=O) groups is 2. The number of piperidine rings is 1. The van der Waals surface area contributed by atoms with Crippen LogP contribution in [0.2, 0.25) is 0 Å². The lowest BCUT2D eigenvalue weighted by molar-refractivity contribution is -0.126. The molecule has 0 aliphatic carbocycles. The van der Waals surface area contributed by atoms with Gasteiger partial charge < -0.3 is 15.4 Å². The molecule has 1 aliphatic heterocycles. The molecule has 1 aromatic carbocycles. The van der Waals surface area contributed by atoms with Crippen LogP contribution in [-0.2, 0) is 14.3 Å². The summed E-state index contributed by atoms with van der Waals surface area (Å²) in [5.41, 5.74) is 1.89. The van der Waals surface area contributed by atoms with Crippen LogP contribution in [-0.4, -0.2) is 55.6 Å². The molecule has 0 atom stereocenters. The predicted octanol–water partition coefficient (Wildman–Crippen LogP) is 3.34. The van der Waals surface area contributed by atoms with Crippen LogP contribution < -0.4 is 10.6 Å². The molecule has 2 N–H and O–H groups in total. The summed E-state index contributed by atoms with van der Waals surface area (Å²) in [5, 5.41) is 5.95. The van der Waals surface area contributed by atoms with Crippen LogP contribution in [0.4, 0.5) is 5.69 Å². The fraction of sp³-hybridized carbons (Fsp3) is 0.619. The van der Waals surface area contributed by atoms with Crippen LogP contribution in [0.25, 0.3) is 0 Å². The Morgan fingerprint density at radius 3 is 2.64 bits per heavy atom. The fourth-order valence-corrected chi connectivity index (χ4v) is 3.47. The first-order valence-electron chi connectivity index (χ1n) is 10.0. The minimum Gasteiger partial charge on any atom is -0.379 e. The third kappa shape index (κ3) is 7.89. The molecule has 0 radical (unpaired) electrons.